The van der Waals surface area contributed by atoms with Crippen LogP contribution in [0.2, 0.25) is 0 Å². The zero-order valence-corrected chi connectivity index (χ0v) is 11.7. The Bertz CT molecular complexity index is 749. The maximum absolute atomic E-state index is 13.1. The lowest BCUT2D eigenvalue weighted by Gasteiger charge is -2.16. The fraction of sp³-hybridized carbons (Fsp3) is 0.214. The average molecular weight is 292 g/mol. The summed E-state index contributed by atoms with van der Waals surface area (Å²) in [5.41, 5.74) is 2.10. The fourth-order valence-electron chi connectivity index (χ4n) is 2.38. The number of hydrogen-bond acceptors (Lipinski definition) is 3. The van der Waals surface area contributed by atoms with E-state index in [0.717, 1.165) is 11.3 Å². The van der Waals surface area contributed by atoms with Crippen LogP contribution >= 0.6 is 0 Å². The molecule has 2 heterocycles. The Morgan fingerprint density at radius 3 is 2.75 bits per heavy atom. The number of halogens is 1. The molecule has 1 aliphatic rings. The molecule has 0 radical (unpaired) electrons. The topological polar surface area (TPSA) is 50.3 Å². The number of pyridine rings is 1. The predicted octanol–water partition coefficient (Wildman–Crippen LogP) is 2.23. The fourth-order valence-corrected chi connectivity index (χ4v) is 3.97. The van der Waals surface area contributed by atoms with Crippen LogP contribution in [0.1, 0.15) is 16.8 Å². The van der Waals surface area contributed by atoms with E-state index < -0.39 is 15.8 Å². The van der Waals surface area contributed by atoms with Crippen molar-refractivity contribution < 1.29 is 12.8 Å². The third-order valence-corrected chi connectivity index (χ3v) is 5.36. The number of nitrogens with zero attached hydrogens (tertiary/aromatic N) is 2. The summed E-state index contributed by atoms with van der Waals surface area (Å²) in [6, 6.07) is 7.37. The van der Waals surface area contributed by atoms with Gasteiger partial charge in [-0.15, -0.1) is 0 Å². The largest absolute Gasteiger partial charge is 0.260 e. The van der Waals surface area contributed by atoms with Gasteiger partial charge in [-0.2, -0.15) is 4.31 Å². The number of aromatic nitrogens is 1. The third-order valence-electron chi connectivity index (χ3n) is 3.41. The van der Waals surface area contributed by atoms with Crippen molar-refractivity contribution in [3.8, 4) is 0 Å². The molecule has 3 rings (SSSR count). The summed E-state index contributed by atoms with van der Waals surface area (Å²) in [7, 11) is -3.63. The Balaban J connectivity index is 1.99. The summed E-state index contributed by atoms with van der Waals surface area (Å²) >= 11 is 0. The molecule has 0 saturated heterocycles. The molecule has 0 N–H and O–H groups in total. The van der Waals surface area contributed by atoms with Crippen LogP contribution < -0.4 is 0 Å². The summed E-state index contributed by atoms with van der Waals surface area (Å²) in [5.74, 6) is -0.437. The summed E-state index contributed by atoms with van der Waals surface area (Å²) in [5, 5.41) is 0. The molecule has 0 atom stereocenters. The SMILES string of the molecule is Cc1cc(F)ccc1S(=O)(=O)N1Cc2cccnc2C1. The first-order valence-electron chi connectivity index (χ1n) is 6.17. The Labute approximate surface area is 116 Å². The highest BCUT2D eigenvalue weighted by molar-refractivity contribution is 7.89. The van der Waals surface area contributed by atoms with E-state index in [1.54, 1.807) is 19.2 Å². The molecule has 0 fully saturated rings. The standard InChI is InChI=1S/C14H13FN2O2S/c1-10-7-12(15)4-5-14(10)20(18,19)17-8-11-3-2-6-16-13(11)9-17/h2-7H,8-9H2,1H3. The van der Waals surface area contributed by atoms with Gasteiger partial charge in [-0.25, -0.2) is 12.8 Å². The molecule has 20 heavy (non-hydrogen) atoms. The van der Waals surface area contributed by atoms with Gasteiger partial charge in [0.25, 0.3) is 0 Å². The van der Waals surface area contributed by atoms with Crippen LogP contribution in [0.3, 0.4) is 0 Å². The van der Waals surface area contributed by atoms with Crippen LogP contribution in [0, 0.1) is 12.7 Å². The number of hydrogen-bond donors (Lipinski definition) is 0. The van der Waals surface area contributed by atoms with Gasteiger partial charge in [0.2, 0.25) is 10.0 Å². The van der Waals surface area contributed by atoms with E-state index in [9.17, 15) is 12.8 Å². The van der Waals surface area contributed by atoms with Crippen molar-refractivity contribution in [2.24, 2.45) is 0 Å². The summed E-state index contributed by atoms with van der Waals surface area (Å²) in [4.78, 5) is 4.33. The van der Waals surface area contributed by atoms with E-state index in [2.05, 4.69) is 4.98 Å². The molecule has 6 heteroatoms. The second-order valence-corrected chi connectivity index (χ2v) is 6.70. The van der Waals surface area contributed by atoms with E-state index in [1.165, 1.54) is 22.5 Å². The zero-order chi connectivity index (χ0) is 14.3. The van der Waals surface area contributed by atoms with Gasteiger partial charge < -0.3 is 0 Å². The molecular formula is C14H13FN2O2S. The molecule has 1 aromatic heterocycles. The van der Waals surface area contributed by atoms with Gasteiger partial charge in [-0.05, 0) is 42.3 Å². The first-order chi connectivity index (χ1) is 9.48. The van der Waals surface area contributed by atoms with Crippen molar-refractivity contribution in [3.63, 3.8) is 0 Å². The van der Waals surface area contributed by atoms with Gasteiger partial charge in [-0.3, -0.25) is 4.98 Å². The normalized spacial score (nSPS) is 15.3. The highest BCUT2D eigenvalue weighted by Crippen LogP contribution is 2.28. The lowest BCUT2D eigenvalue weighted by Crippen LogP contribution is -2.26. The molecule has 0 unspecified atom stereocenters. The van der Waals surface area contributed by atoms with Crippen LogP contribution in [-0.2, 0) is 23.1 Å². The molecule has 0 aliphatic carbocycles. The molecule has 1 aliphatic heterocycles. The number of rotatable bonds is 2. The highest BCUT2D eigenvalue weighted by Gasteiger charge is 2.32. The quantitative estimate of drug-likeness (QED) is 0.853. The lowest BCUT2D eigenvalue weighted by atomic mass is 10.2. The first kappa shape index (κ1) is 13.2. The highest BCUT2D eigenvalue weighted by atomic mass is 32.2. The van der Waals surface area contributed by atoms with Gasteiger partial charge in [0, 0.05) is 12.7 Å². The van der Waals surface area contributed by atoms with Gasteiger partial charge >= 0.3 is 0 Å². The maximum atomic E-state index is 13.1. The van der Waals surface area contributed by atoms with Crippen LogP contribution in [0.25, 0.3) is 0 Å². The molecule has 4 nitrogen and oxygen atoms in total. The van der Waals surface area contributed by atoms with E-state index in [1.807, 2.05) is 6.07 Å². The van der Waals surface area contributed by atoms with Crippen molar-refractivity contribution in [1.82, 2.24) is 9.29 Å². The Kier molecular flexibility index (Phi) is 3.07. The molecule has 0 bridgehead atoms. The van der Waals surface area contributed by atoms with Gasteiger partial charge in [-0.1, -0.05) is 6.07 Å². The molecular weight excluding hydrogens is 279 g/mol. The van der Waals surface area contributed by atoms with E-state index in [4.69, 9.17) is 0 Å². The average Bonchev–Trinajstić information content (AvgIpc) is 2.82. The number of sulfonamides is 1. The zero-order valence-electron chi connectivity index (χ0n) is 10.9. The van der Waals surface area contributed by atoms with Crippen molar-refractivity contribution in [1.29, 1.82) is 0 Å². The lowest BCUT2D eigenvalue weighted by molar-refractivity contribution is 0.429. The second-order valence-electron chi connectivity index (χ2n) is 4.79. The van der Waals surface area contributed by atoms with E-state index in [0.29, 0.717) is 12.1 Å². The van der Waals surface area contributed by atoms with Crippen molar-refractivity contribution in [2.45, 2.75) is 24.9 Å². The maximum Gasteiger partial charge on any atom is 0.244 e. The third kappa shape index (κ3) is 2.10. The predicted molar refractivity (Wildman–Crippen MR) is 71.8 cm³/mol. The van der Waals surface area contributed by atoms with Crippen LogP contribution in [0.4, 0.5) is 4.39 Å². The Morgan fingerprint density at radius 2 is 2.05 bits per heavy atom. The Morgan fingerprint density at radius 1 is 1.25 bits per heavy atom. The van der Waals surface area contributed by atoms with Crippen molar-refractivity contribution in [3.05, 3.63) is 59.2 Å². The summed E-state index contributed by atoms with van der Waals surface area (Å²) < 4.78 is 39.7. The molecule has 0 saturated carbocycles. The molecule has 0 spiro atoms. The second kappa shape index (κ2) is 4.64. The summed E-state index contributed by atoms with van der Waals surface area (Å²) in [6.07, 6.45) is 1.65. The van der Waals surface area contributed by atoms with Gasteiger partial charge in [0.05, 0.1) is 17.1 Å². The minimum Gasteiger partial charge on any atom is -0.260 e. The first-order valence-corrected chi connectivity index (χ1v) is 7.61. The van der Waals surface area contributed by atoms with Crippen molar-refractivity contribution in [2.75, 3.05) is 0 Å². The number of fused-ring (bicyclic) bond motifs is 1. The van der Waals surface area contributed by atoms with Crippen LogP contribution in [0.15, 0.2) is 41.4 Å². The van der Waals surface area contributed by atoms with Gasteiger partial charge in [0.1, 0.15) is 5.82 Å². The van der Waals surface area contributed by atoms with E-state index in [-0.39, 0.29) is 11.4 Å². The van der Waals surface area contributed by atoms with Crippen molar-refractivity contribution >= 4 is 10.0 Å². The number of aryl methyl sites for hydroxylation is 1. The van der Waals surface area contributed by atoms with E-state index >= 15 is 0 Å². The minimum atomic E-state index is -3.63. The smallest absolute Gasteiger partial charge is 0.244 e. The Hall–Kier alpha value is -1.79. The summed E-state index contributed by atoms with van der Waals surface area (Å²) in [6.45, 7) is 2.16. The molecule has 0 amide bonds. The minimum absolute atomic E-state index is 0.145. The molecule has 1 aromatic carbocycles. The van der Waals surface area contributed by atoms with Gasteiger partial charge in [0.15, 0.2) is 0 Å². The van der Waals surface area contributed by atoms with Crippen LogP contribution in [0.5, 0.6) is 0 Å². The monoisotopic (exact) mass is 292 g/mol. The number of benzene rings is 1. The van der Waals surface area contributed by atoms with Crippen LogP contribution in [-0.4, -0.2) is 17.7 Å². The molecule has 104 valence electrons. The molecule has 2 aromatic rings.